The molecule has 0 unspecified atom stereocenters. The Hall–Kier alpha value is -1.24. The Balaban J connectivity index is 2.01. The molecule has 4 heteroatoms. The molecular formula is C13H14ClNO2. The molecule has 0 aromatic heterocycles. The van der Waals surface area contributed by atoms with Gasteiger partial charge in [-0.25, -0.2) is 0 Å². The molecule has 17 heavy (non-hydrogen) atoms. The van der Waals surface area contributed by atoms with Crippen molar-refractivity contribution in [1.29, 1.82) is 5.26 Å². The van der Waals surface area contributed by atoms with E-state index in [1.54, 1.807) is 6.07 Å². The van der Waals surface area contributed by atoms with Crippen LogP contribution in [0.5, 0.6) is 5.75 Å². The van der Waals surface area contributed by atoms with E-state index in [1.807, 2.05) is 18.2 Å². The second kappa shape index (κ2) is 5.39. The maximum Gasteiger partial charge on any atom is 0.137 e. The van der Waals surface area contributed by atoms with Crippen LogP contribution in [0.3, 0.4) is 0 Å². The monoisotopic (exact) mass is 251 g/mol. The van der Waals surface area contributed by atoms with Gasteiger partial charge in [0.25, 0.3) is 0 Å². The molecule has 1 aliphatic heterocycles. The fraction of sp³-hybridized carbons (Fsp3) is 0.462. The number of para-hydroxylation sites is 1. The normalized spacial score (nSPS) is 18.4. The van der Waals surface area contributed by atoms with E-state index in [1.165, 1.54) is 0 Å². The van der Waals surface area contributed by atoms with E-state index in [0.29, 0.717) is 43.4 Å². The molecule has 2 rings (SSSR count). The second-order valence-corrected chi connectivity index (χ2v) is 4.63. The summed E-state index contributed by atoms with van der Waals surface area (Å²) in [6, 6.07) is 9.67. The van der Waals surface area contributed by atoms with E-state index in [0.717, 1.165) is 0 Å². The molecule has 0 N–H and O–H groups in total. The van der Waals surface area contributed by atoms with Crippen LogP contribution in [-0.2, 0) is 4.74 Å². The van der Waals surface area contributed by atoms with Crippen LogP contribution in [0.25, 0.3) is 0 Å². The van der Waals surface area contributed by atoms with Crippen LogP contribution in [0, 0.1) is 16.7 Å². The Morgan fingerprint density at radius 2 is 2.06 bits per heavy atom. The molecule has 0 atom stereocenters. The minimum Gasteiger partial charge on any atom is -0.490 e. The zero-order valence-corrected chi connectivity index (χ0v) is 10.2. The largest absolute Gasteiger partial charge is 0.490 e. The molecule has 0 aliphatic carbocycles. The fourth-order valence-electron chi connectivity index (χ4n) is 1.83. The van der Waals surface area contributed by atoms with Gasteiger partial charge >= 0.3 is 0 Å². The average Bonchev–Trinajstić information content (AvgIpc) is 2.39. The lowest BCUT2D eigenvalue weighted by Gasteiger charge is -2.30. The van der Waals surface area contributed by atoms with Crippen molar-refractivity contribution in [3.63, 3.8) is 0 Å². The summed E-state index contributed by atoms with van der Waals surface area (Å²) >= 11 is 6.00. The standard InChI is InChI=1S/C13H14ClNO2/c14-11-3-1-2-4-12(11)17-10-13(9-15)5-7-16-8-6-13/h1-4H,5-8,10H2. The van der Waals surface area contributed by atoms with Gasteiger partial charge in [-0.15, -0.1) is 0 Å². The van der Waals surface area contributed by atoms with Gasteiger partial charge in [-0.3, -0.25) is 0 Å². The van der Waals surface area contributed by atoms with Gasteiger partial charge in [-0.05, 0) is 25.0 Å². The van der Waals surface area contributed by atoms with Crippen LogP contribution in [0.2, 0.25) is 5.02 Å². The number of nitrogens with zero attached hydrogens (tertiary/aromatic N) is 1. The summed E-state index contributed by atoms with van der Waals surface area (Å²) in [4.78, 5) is 0. The Bertz CT molecular complexity index is 422. The summed E-state index contributed by atoms with van der Waals surface area (Å²) in [6.07, 6.45) is 1.43. The predicted molar refractivity (Wildman–Crippen MR) is 65.0 cm³/mol. The zero-order chi connectivity index (χ0) is 12.1. The van der Waals surface area contributed by atoms with E-state index in [4.69, 9.17) is 21.1 Å². The van der Waals surface area contributed by atoms with Crippen LogP contribution >= 0.6 is 11.6 Å². The van der Waals surface area contributed by atoms with Crippen molar-refractivity contribution < 1.29 is 9.47 Å². The summed E-state index contributed by atoms with van der Waals surface area (Å²) in [5.74, 6) is 0.635. The van der Waals surface area contributed by atoms with Crippen molar-refractivity contribution in [2.45, 2.75) is 12.8 Å². The average molecular weight is 252 g/mol. The Labute approximate surface area is 106 Å². The second-order valence-electron chi connectivity index (χ2n) is 4.22. The minimum atomic E-state index is -0.433. The summed E-state index contributed by atoms with van der Waals surface area (Å²) in [6.45, 7) is 1.62. The third-order valence-corrected chi connectivity index (χ3v) is 3.34. The highest BCUT2D eigenvalue weighted by Crippen LogP contribution is 2.32. The fourth-order valence-corrected chi connectivity index (χ4v) is 2.02. The van der Waals surface area contributed by atoms with E-state index in [9.17, 15) is 5.26 Å². The van der Waals surface area contributed by atoms with E-state index in [2.05, 4.69) is 6.07 Å². The molecule has 0 radical (unpaired) electrons. The van der Waals surface area contributed by atoms with Gasteiger partial charge in [0.1, 0.15) is 12.4 Å². The van der Waals surface area contributed by atoms with E-state index in [-0.39, 0.29) is 0 Å². The van der Waals surface area contributed by atoms with Gasteiger partial charge < -0.3 is 9.47 Å². The highest BCUT2D eigenvalue weighted by atomic mass is 35.5. The number of hydrogen-bond acceptors (Lipinski definition) is 3. The van der Waals surface area contributed by atoms with Crippen LogP contribution in [0.1, 0.15) is 12.8 Å². The zero-order valence-electron chi connectivity index (χ0n) is 9.49. The van der Waals surface area contributed by atoms with Crippen LogP contribution in [-0.4, -0.2) is 19.8 Å². The number of halogens is 1. The summed E-state index contributed by atoms with van der Waals surface area (Å²) < 4.78 is 10.9. The smallest absolute Gasteiger partial charge is 0.137 e. The lowest BCUT2D eigenvalue weighted by atomic mass is 9.83. The highest BCUT2D eigenvalue weighted by Gasteiger charge is 2.33. The first-order valence-corrected chi connectivity index (χ1v) is 6.00. The third-order valence-electron chi connectivity index (χ3n) is 3.03. The summed E-state index contributed by atoms with van der Waals surface area (Å²) in [5.41, 5.74) is -0.433. The molecule has 1 heterocycles. The van der Waals surface area contributed by atoms with Gasteiger partial charge in [0.2, 0.25) is 0 Å². The first-order valence-electron chi connectivity index (χ1n) is 5.62. The molecule has 0 amide bonds. The molecule has 1 saturated heterocycles. The first-order chi connectivity index (χ1) is 8.26. The van der Waals surface area contributed by atoms with Crippen molar-refractivity contribution >= 4 is 11.6 Å². The number of benzene rings is 1. The molecule has 90 valence electrons. The van der Waals surface area contributed by atoms with Crippen molar-refractivity contribution in [1.82, 2.24) is 0 Å². The van der Waals surface area contributed by atoms with Crippen LogP contribution < -0.4 is 4.74 Å². The van der Waals surface area contributed by atoms with Crippen LogP contribution in [0.4, 0.5) is 0 Å². The quantitative estimate of drug-likeness (QED) is 0.829. The number of nitriles is 1. The molecule has 0 bridgehead atoms. The molecule has 1 aromatic rings. The van der Waals surface area contributed by atoms with Gasteiger partial charge in [0.15, 0.2) is 0 Å². The summed E-state index contributed by atoms with van der Waals surface area (Å²) in [7, 11) is 0. The van der Waals surface area contributed by atoms with Gasteiger partial charge in [0, 0.05) is 13.2 Å². The van der Waals surface area contributed by atoms with Gasteiger partial charge in [-0.1, -0.05) is 23.7 Å². The highest BCUT2D eigenvalue weighted by molar-refractivity contribution is 6.32. The van der Waals surface area contributed by atoms with E-state index >= 15 is 0 Å². The van der Waals surface area contributed by atoms with Crippen LogP contribution in [0.15, 0.2) is 24.3 Å². The number of rotatable bonds is 3. The van der Waals surface area contributed by atoms with Gasteiger partial charge in [0.05, 0.1) is 16.5 Å². The molecule has 1 fully saturated rings. The SMILES string of the molecule is N#CC1(COc2ccccc2Cl)CCOCC1. The minimum absolute atomic E-state index is 0.372. The Kier molecular flexibility index (Phi) is 3.88. The Morgan fingerprint density at radius 1 is 1.35 bits per heavy atom. The van der Waals surface area contributed by atoms with Crippen molar-refractivity contribution in [2.75, 3.05) is 19.8 Å². The maximum absolute atomic E-state index is 9.27. The third kappa shape index (κ3) is 2.91. The van der Waals surface area contributed by atoms with Gasteiger partial charge in [-0.2, -0.15) is 5.26 Å². The summed E-state index contributed by atoms with van der Waals surface area (Å²) in [5, 5.41) is 9.85. The molecule has 3 nitrogen and oxygen atoms in total. The van der Waals surface area contributed by atoms with Crippen molar-refractivity contribution in [3.05, 3.63) is 29.3 Å². The Morgan fingerprint density at radius 3 is 2.71 bits per heavy atom. The lowest BCUT2D eigenvalue weighted by molar-refractivity contribution is 0.0191. The topological polar surface area (TPSA) is 42.2 Å². The molecule has 0 spiro atoms. The molecule has 1 aromatic carbocycles. The number of hydrogen-bond donors (Lipinski definition) is 0. The van der Waals surface area contributed by atoms with Crippen molar-refractivity contribution in [3.8, 4) is 11.8 Å². The maximum atomic E-state index is 9.27. The lowest BCUT2D eigenvalue weighted by Crippen LogP contribution is -2.33. The predicted octanol–water partition coefficient (Wildman–Crippen LogP) is 3.04. The molecule has 1 aliphatic rings. The van der Waals surface area contributed by atoms with E-state index < -0.39 is 5.41 Å². The van der Waals surface area contributed by atoms with Crippen molar-refractivity contribution in [2.24, 2.45) is 5.41 Å². The molecular weight excluding hydrogens is 238 g/mol. The molecule has 0 saturated carbocycles. The number of ether oxygens (including phenoxy) is 2. The first kappa shape index (κ1) is 12.2.